The Kier molecular flexibility index (Phi) is 2.03. The van der Waals surface area contributed by atoms with E-state index in [1.54, 1.807) is 13.8 Å². The van der Waals surface area contributed by atoms with Crippen molar-refractivity contribution in [1.82, 2.24) is 0 Å². The van der Waals surface area contributed by atoms with Gasteiger partial charge in [0.15, 0.2) is 0 Å². The third kappa shape index (κ3) is 1.10. The molecule has 0 aromatic carbocycles. The van der Waals surface area contributed by atoms with Crippen LogP contribution in [0, 0.1) is 47.3 Å². The SMILES string of the molecule is CC(=O)C1C2CC(C1C(C)=O)C1C3C=CC(C3)C21. The third-order valence-corrected chi connectivity index (χ3v) is 6.36. The second kappa shape index (κ2) is 3.34. The molecule has 0 amide bonds. The molecule has 0 heterocycles. The van der Waals surface area contributed by atoms with Gasteiger partial charge in [-0.05, 0) is 62.2 Å². The van der Waals surface area contributed by atoms with E-state index >= 15 is 0 Å². The van der Waals surface area contributed by atoms with E-state index in [1.807, 2.05) is 0 Å². The quantitative estimate of drug-likeness (QED) is 0.552. The maximum Gasteiger partial charge on any atom is 0.133 e. The van der Waals surface area contributed by atoms with Crippen molar-refractivity contribution in [2.24, 2.45) is 47.3 Å². The fraction of sp³-hybridized carbons (Fsp3) is 0.750. The first-order chi connectivity index (χ1) is 8.59. The van der Waals surface area contributed by atoms with E-state index in [1.165, 1.54) is 6.42 Å². The highest BCUT2D eigenvalue weighted by molar-refractivity contribution is 5.89. The summed E-state index contributed by atoms with van der Waals surface area (Å²) < 4.78 is 0. The molecule has 0 aliphatic heterocycles. The highest BCUT2D eigenvalue weighted by Gasteiger charge is 2.66. The molecule has 4 aliphatic carbocycles. The van der Waals surface area contributed by atoms with Gasteiger partial charge in [0, 0.05) is 11.8 Å². The molecule has 0 N–H and O–H groups in total. The lowest BCUT2D eigenvalue weighted by molar-refractivity contribution is -0.134. The Morgan fingerprint density at radius 3 is 1.67 bits per heavy atom. The summed E-state index contributed by atoms with van der Waals surface area (Å²) in [6.07, 6.45) is 7.19. The molecule has 2 heteroatoms. The highest BCUT2D eigenvalue weighted by atomic mass is 16.1. The van der Waals surface area contributed by atoms with E-state index in [9.17, 15) is 9.59 Å². The van der Waals surface area contributed by atoms with Crippen molar-refractivity contribution < 1.29 is 9.59 Å². The van der Waals surface area contributed by atoms with Gasteiger partial charge in [-0.25, -0.2) is 0 Å². The van der Waals surface area contributed by atoms with Gasteiger partial charge < -0.3 is 0 Å². The largest absolute Gasteiger partial charge is 0.300 e. The van der Waals surface area contributed by atoms with Gasteiger partial charge in [0.1, 0.15) is 11.6 Å². The highest BCUT2D eigenvalue weighted by Crippen LogP contribution is 2.68. The number of hydrogen-bond acceptors (Lipinski definition) is 2. The van der Waals surface area contributed by atoms with Crippen molar-refractivity contribution in [1.29, 1.82) is 0 Å². The minimum absolute atomic E-state index is 0.0431. The summed E-state index contributed by atoms with van der Waals surface area (Å²) in [5.41, 5.74) is 0. The van der Waals surface area contributed by atoms with Crippen molar-refractivity contribution in [2.45, 2.75) is 26.7 Å². The van der Waals surface area contributed by atoms with Crippen molar-refractivity contribution in [3.05, 3.63) is 12.2 Å². The van der Waals surface area contributed by atoms with Gasteiger partial charge in [-0.3, -0.25) is 9.59 Å². The van der Waals surface area contributed by atoms with E-state index in [0.29, 0.717) is 23.7 Å². The summed E-state index contributed by atoms with van der Waals surface area (Å²) in [6.45, 7) is 3.39. The van der Waals surface area contributed by atoms with E-state index in [-0.39, 0.29) is 23.4 Å². The number of rotatable bonds is 2. The molecule has 0 aromatic rings. The molecule has 4 aliphatic rings. The topological polar surface area (TPSA) is 34.1 Å². The molecule has 2 nitrogen and oxygen atoms in total. The van der Waals surface area contributed by atoms with Crippen LogP contribution in [0.3, 0.4) is 0 Å². The molecule has 0 radical (unpaired) electrons. The second-order valence-corrected chi connectivity index (χ2v) is 6.94. The lowest BCUT2D eigenvalue weighted by Gasteiger charge is -2.40. The summed E-state index contributed by atoms with van der Waals surface area (Å²) >= 11 is 0. The maximum atomic E-state index is 12.0. The van der Waals surface area contributed by atoms with Gasteiger partial charge in [0.05, 0.1) is 0 Å². The average Bonchev–Trinajstić information content (AvgIpc) is 3.04. The van der Waals surface area contributed by atoms with Crippen LogP contribution in [0.25, 0.3) is 0 Å². The molecule has 3 saturated carbocycles. The molecule has 8 atom stereocenters. The Bertz CT molecular complexity index is 424. The molecule has 96 valence electrons. The van der Waals surface area contributed by atoms with Crippen LogP contribution in [0.5, 0.6) is 0 Å². The standard InChI is InChI=1S/C16H20O2/c1-7(17)13-11-6-12(14(13)8(2)18)16-10-4-3-9(5-10)15(11)16/h3-4,9-16H,5-6H2,1-2H3. The first-order valence-corrected chi connectivity index (χ1v) is 7.29. The summed E-state index contributed by atoms with van der Waals surface area (Å²) in [6, 6.07) is 0. The maximum absolute atomic E-state index is 12.0. The molecule has 0 spiro atoms. The Balaban J connectivity index is 1.76. The Morgan fingerprint density at radius 2 is 1.28 bits per heavy atom. The van der Waals surface area contributed by atoms with Gasteiger partial charge in [-0.2, -0.15) is 0 Å². The Hall–Kier alpha value is -0.920. The van der Waals surface area contributed by atoms with Crippen molar-refractivity contribution in [3.63, 3.8) is 0 Å². The molecule has 4 rings (SSSR count). The van der Waals surface area contributed by atoms with Gasteiger partial charge in [-0.15, -0.1) is 0 Å². The minimum atomic E-state index is 0.0431. The van der Waals surface area contributed by atoms with E-state index in [0.717, 1.165) is 18.3 Å². The average molecular weight is 244 g/mol. The van der Waals surface area contributed by atoms with E-state index in [4.69, 9.17) is 0 Å². The lowest BCUT2D eigenvalue weighted by Crippen LogP contribution is -2.42. The third-order valence-electron chi connectivity index (χ3n) is 6.36. The number of fused-ring (bicyclic) bond motifs is 9. The molecular weight excluding hydrogens is 224 g/mol. The van der Waals surface area contributed by atoms with Crippen LogP contribution < -0.4 is 0 Å². The molecule has 0 saturated heterocycles. The zero-order valence-electron chi connectivity index (χ0n) is 11.0. The Labute approximate surface area is 108 Å². The van der Waals surface area contributed by atoms with Crippen LogP contribution in [-0.2, 0) is 9.59 Å². The predicted molar refractivity (Wildman–Crippen MR) is 67.7 cm³/mol. The van der Waals surface area contributed by atoms with Crippen LogP contribution >= 0.6 is 0 Å². The lowest BCUT2D eigenvalue weighted by atomic mass is 9.63. The number of allylic oxidation sites excluding steroid dienone is 2. The van der Waals surface area contributed by atoms with Gasteiger partial charge in [-0.1, -0.05) is 12.2 Å². The number of carbonyl (C=O) groups is 2. The fourth-order valence-electron chi connectivity index (χ4n) is 6.15. The minimum Gasteiger partial charge on any atom is -0.300 e. The number of carbonyl (C=O) groups excluding carboxylic acids is 2. The van der Waals surface area contributed by atoms with Crippen molar-refractivity contribution in [3.8, 4) is 0 Å². The predicted octanol–water partition coefficient (Wildman–Crippen LogP) is 2.48. The zero-order valence-corrected chi connectivity index (χ0v) is 11.0. The van der Waals surface area contributed by atoms with Crippen LogP contribution in [0.2, 0.25) is 0 Å². The van der Waals surface area contributed by atoms with Crippen molar-refractivity contribution in [2.75, 3.05) is 0 Å². The normalized spacial score (nSPS) is 55.0. The number of Topliss-reactive ketones (excluding diaryl/α,β-unsaturated/α-hetero) is 2. The van der Waals surface area contributed by atoms with Gasteiger partial charge in [0.2, 0.25) is 0 Å². The first kappa shape index (κ1) is 11.0. The summed E-state index contributed by atoms with van der Waals surface area (Å²) in [7, 11) is 0. The van der Waals surface area contributed by atoms with E-state index < -0.39 is 0 Å². The molecular formula is C16H20O2. The van der Waals surface area contributed by atoms with Crippen LogP contribution in [0.1, 0.15) is 26.7 Å². The van der Waals surface area contributed by atoms with E-state index in [2.05, 4.69) is 12.2 Å². The number of hydrogen-bond donors (Lipinski definition) is 0. The smallest absolute Gasteiger partial charge is 0.133 e. The van der Waals surface area contributed by atoms with Crippen molar-refractivity contribution >= 4 is 11.6 Å². The van der Waals surface area contributed by atoms with Crippen LogP contribution in [0.15, 0.2) is 12.2 Å². The zero-order chi connectivity index (χ0) is 12.6. The van der Waals surface area contributed by atoms with Crippen LogP contribution in [0.4, 0.5) is 0 Å². The van der Waals surface area contributed by atoms with Crippen LogP contribution in [-0.4, -0.2) is 11.6 Å². The summed E-state index contributed by atoms with van der Waals surface area (Å²) in [5.74, 6) is 4.47. The number of ketones is 2. The van der Waals surface area contributed by atoms with Gasteiger partial charge >= 0.3 is 0 Å². The van der Waals surface area contributed by atoms with Gasteiger partial charge in [0.25, 0.3) is 0 Å². The second-order valence-electron chi connectivity index (χ2n) is 6.94. The molecule has 4 bridgehead atoms. The Morgan fingerprint density at radius 1 is 0.833 bits per heavy atom. The summed E-state index contributed by atoms with van der Waals surface area (Å²) in [5, 5.41) is 0. The summed E-state index contributed by atoms with van der Waals surface area (Å²) in [4.78, 5) is 24.0. The molecule has 8 unspecified atom stereocenters. The molecule has 18 heavy (non-hydrogen) atoms. The molecule has 3 fully saturated rings. The first-order valence-electron chi connectivity index (χ1n) is 7.29. The molecule has 0 aromatic heterocycles. The fourth-order valence-corrected chi connectivity index (χ4v) is 6.15. The monoisotopic (exact) mass is 244 g/mol.